The van der Waals surface area contributed by atoms with Crippen molar-refractivity contribution in [2.75, 3.05) is 6.54 Å². The van der Waals surface area contributed by atoms with Gasteiger partial charge in [-0.1, -0.05) is 30.3 Å². The Morgan fingerprint density at radius 3 is 2.88 bits per heavy atom. The summed E-state index contributed by atoms with van der Waals surface area (Å²) >= 11 is 0. The van der Waals surface area contributed by atoms with Crippen LogP contribution in [0.5, 0.6) is 0 Å². The summed E-state index contributed by atoms with van der Waals surface area (Å²) in [5, 5.41) is 21.9. The molecule has 0 saturated heterocycles. The molecule has 0 spiro atoms. The lowest BCUT2D eigenvalue weighted by Crippen LogP contribution is -2.39. The number of aliphatic hydroxyl groups is 1. The number of amides is 1. The van der Waals surface area contributed by atoms with Crippen LogP contribution in [0.25, 0.3) is 5.69 Å². The maximum atomic E-state index is 12.8. The average Bonchev–Trinajstić information content (AvgIpc) is 3.33. The van der Waals surface area contributed by atoms with Gasteiger partial charge in [-0.2, -0.15) is 5.10 Å². The van der Waals surface area contributed by atoms with Crippen LogP contribution in [0.15, 0.2) is 36.7 Å². The first-order valence-electron chi connectivity index (χ1n) is 8.65. The smallest absolute Gasteiger partial charge is 0.276 e. The second kappa shape index (κ2) is 6.72. The summed E-state index contributed by atoms with van der Waals surface area (Å²) in [5.41, 5.74) is 4.01. The minimum Gasteiger partial charge on any atom is -0.392 e. The molecule has 2 aromatic heterocycles. The number of nitrogens with zero attached hydrogens (tertiary/aromatic N) is 6. The van der Waals surface area contributed by atoms with Gasteiger partial charge in [0.25, 0.3) is 5.91 Å². The lowest BCUT2D eigenvalue weighted by Gasteiger charge is -2.27. The molecule has 3 aromatic rings. The number of carbonyl (C=O) groups is 1. The zero-order valence-electron chi connectivity index (χ0n) is 14.5. The second-order valence-electron chi connectivity index (χ2n) is 6.26. The van der Waals surface area contributed by atoms with Crippen LogP contribution in [-0.4, -0.2) is 47.2 Å². The fourth-order valence-electron chi connectivity index (χ4n) is 3.28. The Kier molecular flexibility index (Phi) is 4.26. The first-order valence-corrected chi connectivity index (χ1v) is 8.65. The molecule has 1 aliphatic rings. The monoisotopic (exact) mass is 352 g/mol. The zero-order chi connectivity index (χ0) is 18.1. The molecule has 1 N–H and O–H groups in total. The second-order valence-corrected chi connectivity index (χ2v) is 6.26. The van der Waals surface area contributed by atoms with Crippen LogP contribution >= 0.6 is 0 Å². The highest BCUT2D eigenvalue weighted by Crippen LogP contribution is 2.19. The largest absolute Gasteiger partial charge is 0.392 e. The summed E-state index contributed by atoms with van der Waals surface area (Å²) < 4.78 is 3.49. The molecule has 0 fully saturated rings. The van der Waals surface area contributed by atoms with Gasteiger partial charge in [0.15, 0.2) is 5.69 Å². The Bertz CT molecular complexity index is 931. The normalized spacial score (nSPS) is 13.7. The fraction of sp³-hybridized carbons (Fsp3) is 0.333. The molecule has 1 amide bonds. The highest BCUT2D eigenvalue weighted by atomic mass is 16.3. The van der Waals surface area contributed by atoms with Gasteiger partial charge < -0.3 is 10.0 Å². The van der Waals surface area contributed by atoms with E-state index in [9.17, 15) is 9.90 Å². The molecule has 0 atom stereocenters. The van der Waals surface area contributed by atoms with E-state index in [0.29, 0.717) is 25.3 Å². The SMILES string of the molecule is CCc1ccccc1-n1cc(C(=O)N2CCn3ncc(CO)c3C2)nn1. The number of fused-ring (bicyclic) bond motifs is 1. The molecule has 8 heteroatoms. The topological polar surface area (TPSA) is 89.1 Å². The molecule has 0 saturated carbocycles. The van der Waals surface area contributed by atoms with Crippen LogP contribution in [0.4, 0.5) is 0 Å². The molecule has 1 aliphatic heterocycles. The first kappa shape index (κ1) is 16.5. The van der Waals surface area contributed by atoms with Gasteiger partial charge in [0.05, 0.1) is 43.5 Å². The van der Waals surface area contributed by atoms with Crippen LogP contribution in [0.2, 0.25) is 0 Å². The molecule has 0 bridgehead atoms. The van der Waals surface area contributed by atoms with Gasteiger partial charge in [0, 0.05) is 12.1 Å². The predicted molar refractivity (Wildman–Crippen MR) is 93.6 cm³/mol. The van der Waals surface area contributed by atoms with Gasteiger partial charge in [0.1, 0.15) is 0 Å². The highest BCUT2D eigenvalue weighted by Gasteiger charge is 2.26. The van der Waals surface area contributed by atoms with Gasteiger partial charge in [-0.05, 0) is 18.1 Å². The van der Waals surface area contributed by atoms with Crippen molar-refractivity contribution in [3.8, 4) is 5.69 Å². The van der Waals surface area contributed by atoms with E-state index in [1.807, 2.05) is 28.9 Å². The quantitative estimate of drug-likeness (QED) is 0.761. The van der Waals surface area contributed by atoms with Crippen molar-refractivity contribution >= 4 is 5.91 Å². The lowest BCUT2D eigenvalue weighted by molar-refractivity contribution is 0.0698. The molecule has 0 aliphatic carbocycles. The van der Waals surface area contributed by atoms with E-state index in [1.165, 1.54) is 0 Å². The highest BCUT2D eigenvalue weighted by molar-refractivity contribution is 5.92. The number of para-hydroxylation sites is 1. The third-order valence-corrected chi connectivity index (χ3v) is 4.75. The number of benzene rings is 1. The third-order valence-electron chi connectivity index (χ3n) is 4.75. The van der Waals surface area contributed by atoms with Crippen molar-refractivity contribution in [2.24, 2.45) is 0 Å². The van der Waals surface area contributed by atoms with E-state index in [1.54, 1.807) is 22.0 Å². The van der Waals surface area contributed by atoms with Gasteiger partial charge in [0.2, 0.25) is 0 Å². The third kappa shape index (κ3) is 2.78. The molecule has 26 heavy (non-hydrogen) atoms. The van der Waals surface area contributed by atoms with Crippen molar-refractivity contribution in [1.82, 2.24) is 29.7 Å². The van der Waals surface area contributed by atoms with Gasteiger partial charge in [-0.25, -0.2) is 4.68 Å². The van der Waals surface area contributed by atoms with Gasteiger partial charge in [-0.15, -0.1) is 5.10 Å². The Morgan fingerprint density at radius 1 is 1.23 bits per heavy atom. The predicted octanol–water partition coefficient (Wildman–Crippen LogP) is 1.17. The van der Waals surface area contributed by atoms with Gasteiger partial charge in [-0.3, -0.25) is 9.48 Å². The number of aryl methyl sites for hydroxylation is 1. The summed E-state index contributed by atoms with van der Waals surface area (Å²) in [5.74, 6) is -0.165. The first-order chi connectivity index (χ1) is 12.7. The average molecular weight is 352 g/mol. The summed E-state index contributed by atoms with van der Waals surface area (Å²) in [6, 6.07) is 7.94. The number of hydrogen-bond donors (Lipinski definition) is 1. The Balaban J connectivity index is 1.57. The standard InChI is InChI=1S/C18H20N6O2/c1-2-13-5-3-4-6-16(13)24-10-15(20-21-24)18(26)22-7-8-23-17(11-22)14(12-25)9-19-23/h3-6,9-10,25H,2,7-8,11-12H2,1H3. The Morgan fingerprint density at radius 2 is 2.08 bits per heavy atom. The summed E-state index contributed by atoms with van der Waals surface area (Å²) in [6.45, 7) is 3.57. The Hall–Kier alpha value is -3.00. The van der Waals surface area contributed by atoms with Crippen LogP contribution in [-0.2, 0) is 26.1 Å². The molecular formula is C18H20N6O2. The van der Waals surface area contributed by atoms with E-state index in [4.69, 9.17) is 0 Å². The van der Waals surface area contributed by atoms with Crippen LogP contribution in [0, 0.1) is 0 Å². The molecule has 0 radical (unpaired) electrons. The summed E-state index contributed by atoms with van der Waals surface area (Å²) in [4.78, 5) is 14.6. The number of hydrogen-bond acceptors (Lipinski definition) is 5. The number of carbonyl (C=O) groups excluding carboxylic acids is 1. The van der Waals surface area contributed by atoms with Crippen molar-refractivity contribution in [3.05, 3.63) is 59.2 Å². The van der Waals surface area contributed by atoms with Crippen molar-refractivity contribution in [2.45, 2.75) is 33.0 Å². The summed E-state index contributed by atoms with van der Waals surface area (Å²) in [6.07, 6.45) is 4.20. The molecule has 8 nitrogen and oxygen atoms in total. The fourth-order valence-corrected chi connectivity index (χ4v) is 3.28. The van der Waals surface area contributed by atoms with E-state index in [0.717, 1.165) is 28.9 Å². The lowest BCUT2D eigenvalue weighted by atomic mass is 10.1. The summed E-state index contributed by atoms with van der Waals surface area (Å²) in [7, 11) is 0. The molecule has 3 heterocycles. The zero-order valence-corrected chi connectivity index (χ0v) is 14.5. The molecule has 0 unspecified atom stereocenters. The number of aliphatic hydroxyl groups excluding tert-OH is 1. The maximum Gasteiger partial charge on any atom is 0.276 e. The van der Waals surface area contributed by atoms with E-state index < -0.39 is 0 Å². The number of rotatable bonds is 4. The minimum absolute atomic E-state index is 0.0820. The molecule has 4 rings (SSSR count). The maximum absolute atomic E-state index is 12.8. The Labute approximate surface area is 150 Å². The van der Waals surface area contributed by atoms with Crippen LogP contribution in [0.3, 0.4) is 0 Å². The van der Waals surface area contributed by atoms with Crippen LogP contribution < -0.4 is 0 Å². The van der Waals surface area contributed by atoms with Crippen molar-refractivity contribution in [1.29, 1.82) is 0 Å². The van der Waals surface area contributed by atoms with Crippen molar-refractivity contribution < 1.29 is 9.90 Å². The van der Waals surface area contributed by atoms with Gasteiger partial charge >= 0.3 is 0 Å². The van der Waals surface area contributed by atoms with E-state index >= 15 is 0 Å². The minimum atomic E-state index is -0.165. The van der Waals surface area contributed by atoms with Crippen molar-refractivity contribution in [3.63, 3.8) is 0 Å². The number of aromatic nitrogens is 5. The van der Waals surface area contributed by atoms with E-state index in [-0.39, 0.29) is 12.5 Å². The van der Waals surface area contributed by atoms with E-state index in [2.05, 4.69) is 22.3 Å². The van der Waals surface area contributed by atoms with Crippen LogP contribution in [0.1, 0.15) is 34.2 Å². The molecule has 1 aromatic carbocycles. The molecular weight excluding hydrogens is 332 g/mol. The molecule has 134 valence electrons.